The number of H-pyrrole nitrogens is 1. The maximum Gasteiger partial charge on any atom is 0.274 e. The van der Waals surface area contributed by atoms with Gasteiger partial charge in [0.25, 0.3) is 5.91 Å². The molecule has 2 aromatic carbocycles. The number of ether oxygens (including phenoxy) is 2. The van der Waals surface area contributed by atoms with Gasteiger partial charge in [-0.15, -0.1) is 0 Å². The highest BCUT2D eigenvalue weighted by atomic mass is 19.1. The van der Waals surface area contributed by atoms with Crippen molar-refractivity contribution in [3.63, 3.8) is 0 Å². The molecule has 1 aliphatic heterocycles. The Kier molecular flexibility index (Phi) is 4.97. The molecule has 1 unspecified atom stereocenters. The fraction of sp³-hybridized carbons (Fsp3) is 0.238. The van der Waals surface area contributed by atoms with Crippen LogP contribution in [0.1, 0.15) is 21.7 Å². The van der Waals surface area contributed by atoms with Crippen molar-refractivity contribution in [2.24, 2.45) is 0 Å². The molecular formula is C21H20FN3O3. The molecule has 0 aliphatic carbocycles. The molecule has 0 bridgehead atoms. The van der Waals surface area contributed by atoms with Gasteiger partial charge in [-0.25, -0.2) is 4.39 Å². The number of carbonyl (C=O) groups excluding carboxylic acids is 1. The summed E-state index contributed by atoms with van der Waals surface area (Å²) in [6.07, 6.45) is 0.699. The van der Waals surface area contributed by atoms with E-state index in [1.807, 2.05) is 24.3 Å². The molecule has 1 N–H and O–H groups in total. The second-order valence-electron chi connectivity index (χ2n) is 6.73. The molecule has 1 atom stereocenters. The number of carbonyl (C=O) groups is 1. The number of benzene rings is 2. The minimum absolute atomic E-state index is 0.0749. The Hall–Kier alpha value is -3.35. The molecule has 7 heteroatoms. The zero-order valence-corrected chi connectivity index (χ0v) is 15.4. The van der Waals surface area contributed by atoms with Gasteiger partial charge in [-0.3, -0.25) is 9.89 Å². The van der Waals surface area contributed by atoms with Gasteiger partial charge in [0.05, 0.1) is 12.2 Å². The Bertz CT molecular complexity index is 963. The lowest BCUT2D eigenvalue weighted by Crippen LogP contribution is -2.36. The van der Waals surface area contributed by atoms with Crippen LogP contribution in [0.15, 0.2) is 54.6 Å². The van der Waals surface area contributed by atoms with Gasteiger partial charge in [-0.05, 0) is 29.8 Å². The summed E-state index contributed by atoms with van der Waals surface area (Å²) in [5.41, 5.74) is 2.02. The smallest absolute Gasteiger partial charge is 0.274 e. The van der Waals surface area contributed by atoms with Crippen molar-refractivity contribution in [3.8, 4) is 11.5 Å². The van der Waals surface area contributed by atoms with E-state index in [4.69, 9.17) is 9.47 Å². The highest BCUT2D eigenvalue weighted by Crippen LogP contribution is 2.28. The average Bonchev–Trinajstić information content (AvgIpc) is 3.33. The zero-order chi connectivity index (χ0) is 19.5. The van der Waals surface area contributed by atoms with Crippen molar-refractivity contribution in [1.29, 1.82) is 0 Å². The average molecular weight is 381 g/mol. The maximum absolute atomic E-state index is 13.6. The van der Waals surface area contributed by atoms with E-state index in [2.05, 4.69) is 10.2 Å². The molecule has 0 spiro atoms. The molecule has 0 saturated heterocycles. The summed E-state index contributed by atoms with van der Waals surface area (Å²) in [5, 5.41) is 6.82. The van der Waals surface area contributed by atoms with Crippen LogP contribution in [0.4, 0.5) is 4.39 Å². The van der Waals surface area contributed by atoms with E-state index in [0.29, 0.717) is 12.2 Å². The van der Waals surface area contributed by atoms with Gasteiger partial charge in [0.1, 0.15) is 18.5 Å². The third kappa shape index (κ3) is 3.83. The third-order valence-corrected chi connectivity index (χ3v) is 4.61. The number of hydrogen-bond donors (Lipinski definition) is 1. The van der Waals surface area contributed by atoms with E-state index < -0.39 is 5.82 Å². The molecule has 28 heavy (non-hydrogen) atoms. The topological polar surface area (TPSA) is 67.4 Å². The van der Waals surface area contributed by atoms with Gasteiger partial charge < -0.3 is 14.4 Å². The van der Waals surface area contributed by atoms with Gasteiger partial charge in [-0.1, -0.05) is 30.3 Å². The van der Waals surface area contributed by atoms with Crippen LogP contribution in [0.3, 0.4) is 0 Å². The molecule has 1 aromatic heterocycles. The second-order valence-corrected chi connectivity index (χ2v) is 6.73. The molecule has 1 amide bonds. The minimum Gasteiger partial charge on any atom is -0.488 e. The van der Waals surface area contributed by atoms with E-state index >= 15 is 0 Å². The highest BCUT2D eigenvalue weighted by Gasteiger charge is 2.26. The van der Waals surface area contributed by atoms with Crippen LogP contribution in [0.2, 0.25) is 0 Å². The number of aromatic nitrogens is 2. The maximum atomic E-state index is 13.6. The monoisotopic (exact) mass is 381 g/mol. The zero-order valence-electron chi connectivity index (χ0n) is 15.4. The van der Waals surface area contributed by atoms with Crippen LogP contribution in [0, 0.1) is 5.82 Å². The molecular weight excluding hydrogens is 361 g/mol. The predicted molar refractivity (Wildman–Crippen MR) is 101 cm³/mol. The largest absolute Gasteiger partial charge is 0.488 e. The summed E-state index contributed by atoms with van der Waals surface area (Å²) in [5.74, 6) is 0.379. The number of aromatic amines is 1. The summed E-state index contributed by atoms with van der Waals surface area (Å²) >= 11 is 0. The van der Waals surface area contributed by atoms with Gasteiger partial charge in [0.2, 0.25) is 0 Å². The van der Waals surface area contributed by atoms with Crippen LogP contribution >= 0.6 is 0 Å². The number of likely N-dealkylation sites (N-methyl/N-ethyl adjacent to an activating group) is 1. The summed E-state index contributed by atoms with van der Waals surface area (Å²) < 4.78 is 24.9. The molecule has 144 valence electrons. The minimum atomic E-state index is -0.435. The van der Waals surface area contributed by atoms with Crippen molar-refractivity contribution in [3.05, 3.63) is 77.4 Å². The first-order valence-electron chi connectivity index (χ1n) is 9.02. The van der Waals surface area contributed by atoms with E-state index in [9.17, 15) is 9.18 Å². The van der Waals surface area contributed by atoms with Gasteiger partial charge in [0.15, 0.2) is 17.3 Å². The Morgan fingerprint density at radius 1 is 1.29 bits per heavy atom. The first-order chi connectivity index (χ1) is 13.6. The molecule has 4 rings (SSSR count). The van der Waals surface area contributed by atoms with E-state index in [0.717, 1.165) is 17.7 Å². The Morgan fingerprint density at radius 3 is 2.89 bits per heavy atom. The van der Waals surface area contributed by atoms with Crippen molar-refractivity contribution in [2.45, 2.75) is 19.1 Å². The molecule has 0 saturated carbocycles. The Balaban J connectivity index is 1.33. The summed E-state index contributed by atoms with van der Waals surface area (Å²) in [4.78, 5) is 14.2. The number of nitrogens with zero attached hydrogens (tertiary/aromatic N) is 2. The highest BCUT2D eigenvalue weighted by molar-refractivity contribution is 5.92. The number of rotatable bonds is 6. The predicted octanol–water partition coefficient (Wildman–Crippen LogP) is 3.20. The van der Waals surface area contributed by atoms with Crippen LogP contribution in [-0.4, -0.2) is 40.7 Å². The lowest BCUT2D eigenvalue weighted by Gasteiger charge is -2.20. The number of nitrogens with one attached hydrogen (secondary N) is 1. The van der Waals surface area contributed by atoms with Gasteiger partial charge >= 0.3 is 0 Å². The number of amides is 1. The van der Waals surface area contributed by atoms with Crippen molar-refractivity contribution >= 4 is 5.91 Å². The summed E-state index contributed by atoms with van der Waals surface area (Å²) in [6.45, 7) is 0.549. The fourth-order valence-electron chi connectivity index (χ4n) is 3.20. The van der Waals surface area contributed by atoms with Crippen LogP contribution < -0.4 is 9.47 Å². The SMILES string of the molecule is CN(CC1Cc2ccccc2O1)C(=O)c1cc(COc2ccccc2F)[nH]n1. The van der Waals surface area contributed by atoms with Crippen molar-refractivity contribution in [1.82, 2.24) is 15.1 Å². The Morgan fingerprint density at radius 2 is 2.07 bits per heavy atom. The number of para-hydroxylation sites is 2. The molecule has 0 radical (unpaired) electrons. The first kappa shape index (κ1) is 18.0. The van der Waals surface area contributed by atoms with E-state index in [1.54, 1.807) is 36.2 Å². The van der Waals surface area contributed by atoms with E-state index in [-0.39, 0.29) is 30.1 Å². The number of hydrogen-bond acceptors (Lipinski definition) is 4. The fourth-order valence-corrected chi connectivity index (χ4v) is 3.20. The molecule has 0 fully saturated rings. The van der Waals surface area contributed by atoms with Crippen LogP contribution in [-0.2, 0) is 13.0 Å². The van der Waals surface area contributed by atoms with Gasteiger partial charge in [-0.2, -0.15) is 5.10 Å². The first-order valence-corrected chi connectivity index (χ1v) is 9.02. The van der Waals surface area contributed by atoms with Crippen molar-refractivity contribution in [2.75, 3.05) is 13.6 Å². The summed E-state index contributed by atoms with van der Waals surface area (Å²) in [6, 6.07) is 15.7. The van der Waals surface area contributed by atoms with Gasteiger partial charge in [0, 0.05) is 13.5 Å². The molecule has 1 aliphatic rings. The van der Waals surface area contributed by atoms with Crippen LogP contribution in [0.25, 0.3) is 0 Å². The molecule has 6 nitrogen and oxygen atoms in total. The van der Waals surface area contributed by atoms with E-state index in [1.165, 1.54) is 6.07 Å². The summed E-state index contributed by atoms with van der Waals surface area (Å²) in [7, 11) is 1.72. The normalized spacial score (nSPS) is 15.0. The lowest BCUT2D eigenvalue weighted by molar-refractivity contribution is 0.0724. The number of halogens is 1. The standard InChI is InChI=1S/C21H20FN3O3/c1-25(12-16-10-14-6-2-4-8-19(14)28-16)21(26)18-11-15(23-24-18)13-27-20-9-5-3-7-17(20)22/h2-9,11,16H,10,12-13H2,1H3,(H,23,24). The Labute approximate surface area is 161 Å². The lowest BCUT2D eigenvalue weighted by atomic mass is 10.1. The van der Waals surface area contributed by atoms with Crippen molar-refractivity contribution < 1.29 is 18.7 Å². The third-order valence-electron chi connectivity index (χ3n) is 4.61. The quantitative estimate of drug-likeness (QED) is 0.712. The van der Waals surface area contributed by atoms with Crippen LogP contribution in [0.5, 0.6) is 11.5 Å². The second kappa shape index (κ2) is 7.72. The molecule has 2 heterocycles. The molecule has 3 aromatic rings. The number of fused-ring (bicyclic) bond motifs is 1.